The fourth-order valence-electron chi connectivity index (χ4n) is 3.61. The van der Waals surface area contributed by atoms with Gasteiger partial charge in [0.25, 0.3) is 20.2 Å². The van der Waals surface area contributed by atoms with E-state index in [9.17, 15) is 46.1 Å². The molecule has 206 valence electrons. The summed E-state index contributed by atoms with van der Waals surface area (Å²) in [6, 6.07) is 13.0. The molecule has 0 aliphatic carbocycles. The van der Waals surface area contributed by atoms with Gasteiger partial charge in [0.05, 0.1) is 16.6 Å². The van der Waals surface area contributed by atoms with Crippen LogP contribution in [0, 0.1) is 6.92 Å². The van der Waals surface area contributed by atoms with Gasteiger partial charge in [-0.2, -0.15) is 21.9 Å². The van der Waals surface area contributed by atoms with E-state index in [1.165, 1.54) is 36.4 Å². The van der Waals surface area contributed by atoms with Crippen molar-refractivity contribution >= 4 is 59.7 Å². The molecule has 0 amide bonds. The summed E-state index contributed by atoms with van der Waals surface area (Å²) in [5.41, 5.74) is -1.15. The van der Waals surface area contributed by atoms with Crippen molar-refractivity contribution in [2.24, 2.45) is 20.5 Å². The molecule has 0 aromatic heterocycles. The molecule has 40 heavy (non-hydrogen) atoms. The lowest BCUT2D eigenvalue weighted by Gasteiger charge is -2.13. The van der Waals surface area contributed by atoms with Gasteiger partial charge >= 0.3 is 5.97 Å². The Balaban J connectivity index is 2.03. The number of aromatic hydroxyl groups is 2. The maximum atomic E-state index is 12.1. The van der Waals surface area contributed by atoms with E-state index in [1.807, 2.05) is 6.92 Å². The van der Waals surface area contributed by atoms with Crippen LogP contribution in [0.3, 0.4) is 0 Å². The Labute approximate surface area is 226 Å². The van der Waals surface area contributed by atoms with Crippen LogP contribution in [0.25, 0.3) is 10.8 Å². The molecule has 0 aliphatic rings. The third kappa shape index (κ3) is 5.64. The van der Waals surface area contributed by atoms with Gasteiger partial charge in [-0.05, 0) is 48.7 Å². The van der Waals surface area contributed by atoms with Crippen LogP contribution in [0.5, 0.6) is 11.5 Å². The van der Waals surface area contributed by atoms with Gasteiger partial charge in [0, 0.05) is 0 Å². The van der Waals surface area contributed by atoms with Gasteiger partial charge in [-0.3, -0.25) is 9.11 Å². The first kappa shape index (κ1) is 28.2. The first-order valence-electron chi connectivity index (χ1n) is 10.9. The summed E-state index contributed by atoms with van der Waals surface area (Å²) < 4.78 is 68.1. The molecule has 0 unspecified atom stereocenters. The van der Waals surface area contributed by atoms with Crippen LogP contribution >= 0.6 is 0 Å². The number of rotatable bonds is 7. The van der Waals surface area contributed by atoms with Crippen LogP contribution in [0.1, 0.15) is 15.9 Å². The molecular weight excluding hydrogens is 568 g/mol. The average molecular weight is 587 g/mol. The van der Waals surface area contributed by atoms with Crippen LogP contribution in [0.4, 0.5) is 22.7 Å². The molecule has 0 spiro atoms. The Morgan fingerprint density at radius 3 is 1.73 bits per heavy atom. The summed E-state index contributed by atoms with van der Waals surface area (Å²) in [7, 11) is -10.3. The number of benzene rings is 4. The maximum absolute atomic E-state index is 12.1. The first-order valence-corrected chi connectivity index (χ1v) is 13.8. The number of aromatic carboxylic acids is 1. The number of aryl methyl sites for hydroxylation is 1. The molecular formula is C24H18N4O10S2. The SMILES string of the molecule is Cc1ccc(N=Nc2c(S(=O)(=O)O)cc3cc(S(=O)(=O)O)c(N=Nc4ccccc4C(=O)O)c(O)c3c2O)cc1. The lowest BCUT2D eigenvalue weighted by molar-refractivity contribution is 0.0697. The van der Waals surface area contributed by atoms with E-state index < -0.39 is 69.6 Å². The molecule has 0 aliphatic heterocycles. The number of carboxylic acids is 1. The van der Waals surface area contributed by atoms with Crippen LogP contribution < -0.4 is 0 Å². The van der Waals surface area contributed by atoms with E-state index >= 15 is 0 Å². The average Bonchev–Trinajstić information content (AvgIpc) is 2.87. The predicted octanol–water partition coefficient (Wildman–Crippen LogP) is 5.58. The number of azo groups is 2. The first-order chi connectivity index (χ1) is 18.7. The highest BCUT2D eigenvalue weighted by Gasteiger charge is 2.29. The summed E-state index contributed by atoms with van der Waals surface area (Å²) in [6.45, 7) is 1.81. The van der Waals surface area contributed by atoms with Crippen LogP contribution in [0.15, 0.2) is 90.9 Å². The molecule has 5 N–H and O–H groups in total. The third-order valence-electron chi connectivity index (χ3n) is 5.50. The highest BCUT2D eigenvalue weighted by Crippen LogP contribution is 2.50. The zero-order chi connectivity index (χ0) is 29.4. The normalized spacial score (nSPS) is 12.5. The van der Waals surface area contributed by atoms with Crippen LogP contribution in [-0.2, 0) is 20.2 Å². The second kappa shape index (κ2) is 10.4. The van der Waals surface area contributed by atoms with E-state index in [2.05, 4.69) is 20.5 Å². The molecule has 0 atom stereocenters. The number of nitrogens with zero attached hydrogens (tertiary/aromatic N) is 4. The fourth-order valence-corrected chi connectivity index (χ4v) is 4.93. The summed E-state index contributed by atoms with van der Waals surface area (Å²) in [5, 5.41) is 45.1. The smallest absolute Gasteiger partial charge is 0.337 e. The van der Waals surface area contributed by atoms with Crippen LogP contribution in [0.2, 0.25) is 0 Å². The molecule has 14 nitrogen and oxygen atoms in total. The number of carbonyl (C=O) groups is 1. The number of phenols is 2. The van der Waals surface area contributed by atoms with E-state index in [-0.39, 0.29) is 16.9 Å². The highest BCUT2D eigenvalue weighted by molar-refractivity contribution is 7.86. The number of carboxylic acid groups (broad SMARTS) is 1. The number of phenolic OH excluding ortho intramolecular Hbond substituents is 2. The van der Waals surface area contributed by atoms with Gasteiger partial charge in [-0.25, -0.2) is 4.79 Å². The fraction of sp³-hybridized carbons (Fsp3) is 0.0417. The van der Waals surface area contributed by atoms with Crippen molar-refractivity contribution in [3.8, 4) is 11.5 Å². The van der Waals surface area contributed by atoms with E-state index in [4.69, 9.17) is 0 Å². The lowest BCUT2D eigenvalue weighted by Crippen LogP contribution is -2.02. The van der Waals surface area contributed by atoms with Gasteiger partial charge in [0.1, 0.15) is 26.9 Å². The van der Waals surface area contributed by atoms with E-state index in [1.54, 1.807) is 12.1 Å². The van der Waals surface area contributed by atoms with Gasteiger partial charge in [0.2, 0.25) is 0 Å². The van der Waals surface area contributed by atoms with Crippen molar-refractivity contribution < 1.29 is 46.1 Å². The van der Waals surface area contributed by atoms with Crippen molar-refractivity contribution in [3.05, 3.63) is 71.8 Å². The largest absolute Gasteiger partial charge is 0.505 e. The Kier molecular flexibility index (Phi) is 7.36. The molecule has 0 fully saturated rings. The minimum Gasteiger partial charge on any atom is -0.505 e. The van der Waals surface area contributed by atoms with Crippen LogP contribution in [-0.4, -0.2) is 47.2 Å². The maximum Gasteiger partial charge on any atom is 0.337 e. The Hall–Kier alpha value is -4.77. The molecule has 16 heteroatoms. The Morgan fingerprint density at radius 2 is 1.23 bits per heavy atom. The lowest BCUT2D eigenvalue weighted by atomic mass is 10.1. The van der Waals surface area contributed by atoms with E-state index in [0.29, 0.717) is 12.1 Å². The molecule has 4 rings (SSSR count). The topological polar surface area (TPSA) is 236 Å². The molecule has 4 aromatic rings. The third-order valence-corrected chi connectivity index (χ3v) is 7.23. The van der Waals surface area contributed by atoms with Gasteiger partial charge in [0.15, 0.2) is 11.5 Å². The Bertz CT molecular complexity index is 1950. The monoisotopic (exact) mass is 586 g/mol. The van der Waals surface area contributed by atoms with E-state index in [0.717, 1.165) is 5.56 Å². The molecule has 0 saturated carbocycles. The van der Waals surface area contributed by atoms with Crippen molar-refractivity contribution in [1.29, 1.82) is 0 Å². The standard InChI is InChI=1S/C24H18N4O10S2/c1-12-6-8-14(9-7-12)25-27-20-17(39(33,34)35)10-13-11-18(40(36,37)38)21(23(30)19(13)22(20)29)28-26-16-5-3-2-4-15(16)24(31)32/h2-11,29-30H,1H3,(H,31,32)(H,33,34,35)(H,36,37,38). The molecule has 0 bridgehead atoms. The molecule has 0 heterocycles. The summed E-state index contributed by atoms with van der Waals surface area (Å²) in [4.78, 5) is 9.41. The second-order valence-corrected chi connectivity index (χ2v) is 11.0. The zero-order valence-corrected chi connectivity index (χ0v) is 21.8. The minimum atomic E-state index is -5.16. The molecule has 0 radical (unpaired) electrons. The minimum absolute atomic E-state index is 0.240. The summed E-state index contributed by atoms with van der Waals surface area (Å²) >= 11 is 0. The van der Waals surface area contributed by atoms with Crippen molar-refractivity contribution in [1.82, 2.24) is 0 Å². The number of hydrogen-bond donors (Lipinski definition) is 5. The summed E-state index contributed by atoms with van der Waals surface area (Å²) in [6.07, 6.45) is 0. The molecule has 0 saturated heterocycles. The van der Waals surface area contributed by atoms with Crippen molar-refractivity contribution in [2.45, 2.75) is 16.7 Å². The van der Waals surface area contributed by atoms with Crippen molar-refractivity contribution in [3.63, 3.8) is 0 Å². The second-order valence-electron chi connectivity index (χ2n) is 8.25. The Morgan fingerprint density at radius 1 is 0.725 bits per heavy atom. The summed E-state index contributed by atoms with van der Waals surface area (Å²) in [5.74, 6) is -3.51. The quantitative estimate of drug-likeness (QED) is 0.133. The van der Waals surface area contributed by atoms with Gasteiger partial charge in [-0.15, -0.1) is 15.3 Å². The number of fused-ring (bicyclic) bond motifs is 1. The number of hydrogen-bond acceptors (Lipinski definition) is 11. The predicted molar refractivity (Wildman–Crippen MR) is 140 cm³/mol. The van der Waals surface area contributed by atoms with Crippen molar-refractivity contribution in [2.75, 3.05) is 0 Å². The molecule has 4 aromatic carbocycles. The van der Waals surface area contributed by atoms with Gasteiger partial charge in [-0.1, -0.05) is 29.8 Å². The zero-order valence-electron chi connectivity index (χ0n) is 20.2. The highest BCUT2D eigenvalue weighted by atomic mass is 32.2. The van der Waals surface area contributed by atoms with Gasteiger partial charge < -0.3 is 15.3 Å².